The molecule has 0 aliphatic carbocycles. The zero-order chi connectivity index (χ0) is 6.91. The highest BCUT2D eigenvalue weighted by Gasteiger charge is 2.31. The number of hydrogen-bond acceptors (Lipinski definition) is 3. The third-order valence-corrected chi connectivity index (χ3v) is 2.71. The number of aliphatic hydroxyl groups is 1. The monoisotopic (exact) mass is 148 g/mol. The highest BCUT2D eigenvalue weighted by atomic mass is 32.2. The van der Waals surface area contributed by atoms with Crippen molar-refractivity contribution in [3.63, 3.8) is 0 Å². The van der Waals surface area contributed by atoms with Crippen LogP contribution in [0.1, 0.15) is 13.8 Å². The van der Waals surface area contributed by atoms with Gasteiger partial charge in [-0.3, -0.25) is 0 Å². The molecule has 0 aromatic rings. The van der Waals surface area contributed by atoms with E-state index < -0.39 is 0 Å². The van der Waals surface area contributed by atoms with Crippen molar-refractivity contribution in [2.45, 2.75) is 24.9 Å². The maximum absolute atomic E-state index is 9.27. The molecule has 2 nitrogen and oxygen atoms in total. The van der Waals surface area contributed by atoms with Crippen LogP contribution in [0.2, 0.25) is 0 Å². The van der Waals surface area contributed by atoms with Gasteiger partial charge in [-0.25, -0.2) is 0 Å². The molecule has 0 aromatic carbocycles. The summed E-state index contributed by atoms with van der Waals surface area (Å²) in [6, 6.07) is 0. The Balaban J connectivity index is 2.49. The Morgan fingerprint density at radius 1 is 1.67 bits per heavy atom. The Labute approximate surface area is 59.6 Å². The van der Waals surface area contributed by atoms with E-state index in [1.165, 1.54) is 0 Å². The van der Waals surface area contributed by atoms with Gasteiger partial charge in [-0.15, -0.1) is 11.8 Å². The van der Waals surface area contributed by atoms with Crippen LogP contribution < -0.4 is 0 Å². The molecule has 0 bridgehead atoms. The molecule has 1 aliphatic heterocycles. The molecule has 1 unspecified atom stereocenters. The van der Waals surface area contributed by atoms with E-state index >= 15 is 0 Å². The molecule has 1 atom stereocenters. The molecular formula is C6H12O2S. The summed E-state index contributed by atoms with van der Waals surface area (Å²) in [5.41, 5.74) is -0.700. The van der Waals surface area contributed by atoms with E-state index in [1.807, 2.05) is 13.8 Å². The van der Waals surface area contributed by atoms with Crippen LogP contribution in [0.5, 0.6) is 0 Å². The minimum Gasteiger partial charge on any atom is -0.379 e. The molecule has 1 rings (SSSR count). The second kappa shape index (κ2) is 2.48. The third kappa shape index (κ3) is 1.60. The van der Waals surface area contributed by atoms with E-state index in [9.17, 15) is 5.11 Å². The van der Waals surface area contributed by atoms with Gasteiger partial charge in [0.15, 0.2) is 0 Å². The molecule has 1 fully saturated rings. The number of thioether (sulfide) groups is 1. The topological polar surface area (TPSA) is 29.5 Å². The highest BCUT2D eigenvalue weighted by Crippen LogP contribution is 2.28. The van der Waals surface area contributed by atoms with Crippen molar-refractivity contribution >= 4 is 11.8 Å². The molecular weight excluding hydrogens is 136 g/mol. The number of rotatable bonds is 0. The quantitative estimate of drug-likeness (QED) is 0.552. The van der Waals surface area contributed by atoms with Crippen molar-refractivity contribution < 1.29 is 9.84 Å². The SMILES string of the molecule is CC1(C)OCCSC1O. The summed E-state index contributed by atoms with van der Waals surface area (Å²) in [7, 11) is 0. The molecule has 1 aliphatic rings. The van der Waals surface area contributed by atoms with Crippen molar-refractivity contribution in [1.82, 2.24) is 0 Å². The van der Waals surface area contributed by atoms with Crippen LogP contribution in [-0.4, -0.2) is 28.5 Å². The largest absolute Gasteiger partial charge is 0.379 e. The van der Waals surface area contributed by atoms with Crippen molar-refractivity contribution in [1.29, 1.82) is 0 Å². The molecule has 54 valence electrons. The third-order valence-electron chi connectivity index (χ3n) is 1.43. The van der Waals surface area contributed by atoms with E-state index in [2.05, 4.69) is 0 Å². The van der Waals surface area contributed by atoms with Crippen LogP contribution in [0.15, 0.2) is 0 Å². The van der Waals surface area contributed by atoms with Crippen molar-refractivity contribution in [2.24, 2.45) is 0 Å². The summed E-state index contributed by atoms with van der Waals surface area (Å²) in [6.45, 7) is 4.57. The fourth-order valence-corrected chi connectivity index (χ4v) is 1.61. The maximum Gasteiger partial charge on any atom is 0.128 e. The van der Waals surface area contributed by atoms with Crippen LogP contribution in [0, 0.1) is 0 Å². The van der Waals surface area contributed by atoms with E-state index in [0.29, 0.717) is 0 Å². The average Bonchev–Trinajstić information content (AvgIpc) is 1.77. The first-order valence-corrected chi connectivity index (χ1v) is 4.11. The lowest BCUT2D eigenvalue weighted by Crippen LogP contribution is -2.41. The minimum absolute atomic E-state index is 0.344. The summed E-state index contributed by atoms with van der Waals surface area (Å²) in [5.74, 6) is 0.907. The Morgan fingerprint density at radius 2 is 2.33 bits per heavy atom. The fourth-order valence-electron chi connectivity index (χ4n) is 0.736. The molecule has 1 heterocycles. The van der Waals surface area contributed by atoms with Gasteiger partial charge in [-0.05, 0) is 13.8 Å². The maximum atomic E-state index is 9.27. The lowest BCUT2D eigenvalue weighted by Gasteiger charge is -2.34. The average molecular weight is 148 g/mol. The van der Waals surface area contributed by atoms with Crippen LogP contribution in [0.25, 0.3) is 0 Å². The Hall–Kier alpha value is 0.270. The molecule has 0 amide bonds. The highest BCUT2D eigenvalue weighted by molar-refractivity contribution is 7.99. The van der Waals surface area contributed by atoms with Crippen LogP contribution in [0.4, 0.5) is 0 Å². The minimum atomic E-state index is -0.355. The number of ether oxygens (including phenoxy) is 1. The summed E-state index contributed by atoms with van der Waals surface area (Å²) < 4.78 is 5.31. The molecule has 0 saturated carbocycles. The van der Waals surface area contributed by atoms with E-state index in [0.717, 1.165) is 12.4 Å². The van der Waals surface area contributed by atoms with Crippen molar-refractivity contribution in [2.75, 3.05) is 12.4 Å². The van der Waals surface area contributed by atoms with Gasteiger partial charge < -0.3 is 9.84 Å². The van der Waals surface area contributed by atoms with E-state index in [4.69, 9.17) is 4.74 Å². The van der Waals surface area contributed by atoms with Crippen LogP contribution >= 0.6 is 11.8 Å². The Kier molecular flexibility index (Phi) is 2.03. The molecule has 1 N–H and O–H groups in total. The van der Waals surface area contributed by atoms with Gasteiger partial charge >= 0.3 is 0 Å². The fraction of sp³-hybridized carbons (Fsp3) is 1.00. The summed E-state index contributed by atoms with van der Waals surface area (Å²) >= 11 is 1.56. The predicted octanol–water partition coefficient (Wildman–Crippen LogP) is 0.847. The van der Waals surface area contributed by atoms with Crippen molar-refractivity contribution in [3.8, 4) is 0 Å². The number of hydrogen-bond donors (Lipinski definition) is 1. The summed E-state index contributed by atoms with van der Waals surface area (Å²) in [5, 5.41) is 9.27. The lowest BCUT2D eigenvalue weighted by molar-refractivity contribution is -0.0684. The van der Waals surface area contributed by atoms with E-state index in [-0.39, 0.29) is 11.0 Å². The molecule has 0 radical (unpaired) electrons. The summed E-state index contributed by atoms with van der Waals surface area (Å²) in [4.78, 5) is 0. The van der Waals surface area contributed by atoms with Crippen LogP contribution in [-0.2, 0) is 4.74 Å². The second-order valence-electron chi connectivity index (χ2n) is 2.68. The van der Waals surface area contributed by atoms with Gasteiger partial charge in [-0.1, -0.05) is 0 Å². The smallest absolute Gasteiger partial charge is 0.128 e. The Morgan fingerprint density at radius 3 is 2.67 bits per heavy atom. The van der Waals surface area contributed by atoms with Gasteiger partial charge in [-0.2, -0.15) is 0 Å². The predicted molar refractivity (Wildman–Crippen MR) is 38.5 cm³/mol. The zero-order valence-corrected chi connectivity index (χ0v) is 6.57. The Bertz CT molecular complexity index is 103. The van der Waals surface area contributed by atoms with Gasteiger partial charge in [0.2, 0.25) is 0 Å². The second-order valence-corrected chi connectivity index (χ2v) is 3.86. The van der Waals surface area contributed by atoms with Gasteiger partial charge in [0.05, 0.1) is 12.2 Å². The molecule has 0 aromatic heterocycles. The first kappa shape index (κ1) is 7.38. The molecule has 9 heavy (non-hydrogen) atoms. The van der Waals surface area contributed by atoms with Gasteiger partial charge in [0, 0.05) is 5.75 Å². The lowest BCUT2D eigenvalue weighted by atomic mass is 10.1. The molecule has 1 saturated heterocycles. The standard InChI is InChI=1S/C6H12O2S/c1-6(2)5(7)9-4-3-8-6/h5,7H,3-4H2,1-2H3. The normalized spacial score (nSPS) is 34.3. The van der Waals surface area contributed by atoms with Gasteiger partial charge in [0.1, 0.15) is 5.44 Å². The van der Waals surface area contributed by atoms with Gasteiger partial charge in [0.25, 0.3) is 0 Å². The zero-order valence-electron chi connectivity index (χ0n) is 5.76. The number of aliphatic hydroxyl groups excluding tert-OH is 1. The van der Waals surface area contributed by atoms with E-state index in [1.54, 1.807) is 11.8 Å². The van der Waals surface area contributed by atoms with Crippen molar-refractivity contribution in [3.05, 3.63) is 0 Å². The first-order chi connectivity index (χ1) is 4.13. The molecule has 3 heteroatoms. The first-order valence-electron chi connectivity index (χ1n) is 3.06. The van der Waals surface area contributed by atoms with Crippen LogP contribution in [0.3, 0.4) is 0 Å². The molecule has 0 spiro atoms. The summed E-state index contributed by atoms with van der Waals surface area (Å²) in [6.07, 6.45) is 0.